The normalized spacial score (nSPS) is 26.4. The monoisotopic (exact) mass is 98.1 g/mol. The van der Waals surface area contributed by atoms with Crippen LogP contribution in [0.5, 0.6) is 0 Å². The Morgan fingerprint density at radius 2 is 2.29 bits per heavy atom. The van der Waals surface area contributed by atoms with Gasteiger partial charge in [-0.05, 0) is 0 Å². The summed E-state index contributed by atoms with van der Waals surface area (Å²) in [6.45, 7) is 4.21. The second kappa shape index (κ2) is 1.51. The van der Waals surface area contributed by atoms with E-state index in [1.54, 1.807) is 0 Å². The van der Waals surface area contributed by atoms with Crippen molar-refractivity contribution < 1.29 is 4.74 Å². The van der Waals surface area contributed by atoms with Crippen LogP contribution in [0.1, 0.15) is 6.92 Å². The van der Waals surface area contributed by atoms with Gasteiger partial charge < -0.3 is 4.74 Å². The maximum atomic E-state index is 5.03. The zero-order chi connectivity index (χ0) is 5.33. The molecule has 1 saturated heterocycles. The lowest BCUT2D eigenvalue weighted by Gasteiger charge is -2.37. The molecule has 1 nitrogen and oxygen atoms in total. The second-order valence-corrected chi connectivity index (χ2v) is 2.66. The van der Waals surface area contributed by atoms with E-state index >= 15 is 0 Å². The van der Waals surface area contributed by atoms with Crippen LogP contribution in [0.3, 0.4) is 0 Å². The Balaban J connectivity index is 2.29. The van der Waals surface area contributed by atoms with Gasteiger partial charge in [-0.1, -0.05) is 13.2 Å². The molecule has 0 amide bonds. The van der Waals surface area contributed by atoms with Gasteiger partial charge in [0.1, 0.15) is 7.85 Å². The summed E-state index contributed by atoms with van der Waals surface area (Å²) in [4.78, 5) is 0. The number of hydrogen-bond acceptors (Lipinski definition) is 1. The maximum Gasteiger partial charge on any atom is 0.102 e. The molecule has 0 saturated carbocycles. The Hall–Kier alpha value is 0.0249. The van der Waals surface area contributed by atoms with Crippen LogP contribution in [0, 0.1) is 5.41 Å². The van der Waals surface area contributed by atoms with Crippen molar-refractivity contribution in [3.05, 3.63) is 0 Å². The van der Waals surface area contributed by atoms with Gasteiger partial charge in [-0.25, -0.2) is 0 Å². The Labute approximate surface area is 45.5 Å². The van der Waals surface area contributed by atoms with Crippen LogP contribution in [-0.4, -0.2) is 21.1 Å². The average Bonchev–Trinajstić information content (AvgIpc) is 1.61. The van der Waals surface area contributed by atoms with Crippen molar-refractivity contribution in [2.75, 3.05) is 13.2 Å². The number of ether oxygens (including phenoxy) is 1. The predicted molar refractivity (Wildman–Crippen MR) is 32.3 cm³/mol. The molecule has 1 heterocycles. The van der Waals surface area contributed by atoms with E-state index in [9.17, 15) is 0 Å². The third-order valence-corrected chi connectivity index (χ3v) is 1.75. The van der Waals surface area contributed by atoms with Gasteiger partial charge in [0, 0.05) is 5.41 Å². The van der Waals surface area contributed by atoms with Gasteiger partial charge in [0.05, 0.1) is 13.2 Å². The molecule has 0 aliphatic carbocycles. The zero-order valence-corrected chi connectivity index (χ0v) is 5.03. The van der Waals surface area contributed by atoms with Crippen molar-refractivity contribution in [2.45, 2.75) is 13.2 Å². The van der Waals surface area contributed by atoms with Gasteiger partial charge in [-0.2, -0.15) is 0 Å². The van der Waals surface area contributed by atoms with Crippen LogP contribution in [0.15, 0.2) is 0 Å². The van der Waals surface area contributed by atoms with E-state index in [0.29, 0.717) is 5.41 Å². The van der Waals surface area contributed by atoms with Crippen LogP contribution in [-0.2, 0) is 4.74 Å². The topological polar surface area (TPSA) is 9.23 Å². The molecule has 0 aromatic carbocycles. The van der Waals surface area contributed by atoms with Crippen LogP contribution in [0.2, 0.25) is 6.32 Å². The average molecular weight is 98.0 g/mol. The highest BCUT2D eigenvalue weighted by atomic mass is 16.5. The predicted octanol–water partition coefficient (Wildman–Crippen LogP) is 0.0743. The molecule has 0 bridgehead atoms. The van der Waals surface area contributed by atoms with E-state index in [2.05, 4.69) is 14.8 Å². The Bertz CT molecular complexity index is 63.0. The van der Waals surface area contributed by atoms with Crippen molar-refractivity contribution in [3.8, 4) is 0 Å². The first kappa shape index (κ1) is 5.17. The summed E-state index contributed by atoms with van der Waals surface area (Å²) in [5.41, 5.74) is 0.542. The van der Waals surface area contributed by atoms with Crippen molar-refractivity contribution in [2.24, 2.45) is 5.41 Å². The van der Waals surface area contributed by atoms with Gasteiger partial charge in [-0.3, -0.25) is 0 Å². The minimum Gasteiger partial charge on any atom is -0.380 e. The molecule has 1 aliphatic rings. The van der Waals surface area contributed by atoms with Crippen LogP contribution in [0.25, 0.3) is 0 Å². The quantitative estimate of drug-likeness (QED) is 0.422. The highest BCUT2D eigenvalue weighted by Gasteiger charge is 2.30. The van der Waals surface area contributed by atoms with Crippen molar-refractivity contribution in [3.63, 3.8) is 0 Å². The third kappa shape index (κ3) is 0.803. The zero-order valence-electron chi connectivity index (χ0n) is 5.03. The summed E-state index contributed by atoms with van der Waals surface area (Å²) in [5.74, 6) is 0. The fourth-order valence-corrected chi connectivity index (χ4v) is 0.655. The summed E-state index contributed by atoms with van der Waals surface area (Å²) in [5, 5.41) is 0. The first-order valence-electron chi connectivity index (χ1n) is 2.85. The van der Waals surface area contributed by atoms with Gasteiger partial charge >= 0.3 is 0 Å². The van der Waals surface area contributed by atoms with Gasteiger partial charge in [0.2, 0.25) is 0 Å². The highest BCUT2D eigenvalue weighted by molar-refractivity contribution is 6.09. The first-order valence-corrected chi connectivity index (χ1v) is 2.85. The number of hydrogen-bond donors (Lipinski definition) is 0. The SMILES string of the molecule is BCC1(C)COC1. The molecule has 2 heteroatoms. The Kier molecular flexibility index (Phi) is 1.12. The lowest BCUT2D eigenvalue weighted by atomic mass is 9.76. The molecule has 40 valence electrons. The lowest BCUT2D eigenvalue weighted by molar-refractivity contribution is -0.0887. The van der Waals surface area contributed by atoms with Crippen LogP contribution < -0.4 is 0 Å². The minimum atomic E-state index is 0.542. The Morgan fingerprint density at radius 3 is 2.29 bits per heavy atom. The van der Waals surface area contributed by atoms with E-state index < -0.39 is 0 Å². The summed E-state index contributed by atoms with van der Waals surface area (Å²) in [6.07, 6.45) is 1.26. The molecule has 1 aliphatic heterocycles. The molecule has 0 atom stereocenters. The third-order valence-electron chi connectivity index (χ3n) is 1.75. The van der Waals surface area contributed by atoms with E-state index in [4.69, 9.17) is 4.74 Å². The van der Waals surface area contributed by atoms with Crippen LogP contribution >= 0.6 is 0 Å². The smallest absolute Gasteiger partial charge is 0.102 e. The molecule has 0 unspecified atom stereocenters. The summed E-state index contributed by atoms with van der Waals surface area (Å²) in [7, 11) is 2.21. The molecular weight excluding hydrogens is 86.9 g/mol. The molecule has 0 aromatic rings. The van der Waals surface area contributed by atoms with E-state index in [-0.39, 0.29) is 0 Å². The standard InChI is InChI=1S/C5H11BO/c1-5(2-6)3-7-4-5/h2-4,6H2,1H3. The van der Waals surface area contributed by atoms with E-state index in [1.807, 2.05) is 0 Å². The van der Waals surface area contributed by atoms with Crippen molar-refractivity contribution in [1.29, 1.82) is 0 Å². The molecule has 0 N–H and O–H groups in total. The molecule has 0 aromatic heterocycles. The van der Waals surface area contributed by atoms with Crippen molar-refractivity contribution >= 4 is 7.85 Å². The van der Waals surface area contributed by atoms with Gasteiger partial charge in [0.25, 0.3) is 0 Å². The summed E-state index contributed by atoms with van der Waals surface area (Å²) < 4.78 is 5.03. The molecule has 1 rings (SSSR count). The maximum absolute atomic E-state index is 5.03. The molecule has 7 heavy (non-hydrogen) atoms. The van der Waals surface area contributed by atoms with Crippen LogP contribution in [0.4, 0.5) is 0 Å². The first-order chi connectivity index (χ1) is 3.27. The lowest BCUT2D eigenvalue weighted by Crippen LogP contribution is -2.38. The van der Waals surface area contributed by atoms with Gasteiger partial charge in [-0.15, -0.1) is 0 Å². The molecule has 0 spiro atoms. The van der Waals surface area contributed by atoms with Crippen molar-refractivity contribution in [1.82, 2.24) is 0 Å². The van der Waals surface area contributed by atoms with Gasteiger partial charge in [0.15, 0.2) is 0 Å². The second-order valence-electron chi connectivity index (χ2n) is 2.66. The number of rotatable bonds is 1. The fourth-order valence-electron chi connectivity index (χ4n) is 0.655. The molecule has 1 fully saturated rings. The minimum absolute atomic E-state index is 0.542. The Morgan fingerprint density at radius 1 is 1.71 bits per heavy atom. The largest absolute Gasteiger partial charge is 0.380 e. The summed E-state index contributed by atoms with van der Waals surface area (Å²) >= 11 is 0. The summed E-state index contributed by atoms with van der Waals surface area (Å²) in [6, 6.07) is 0. The fraction of sp³-hybridized carbons (Fsp3) is 1.00. The molecular formula is C5H11BO. The molecule has 0 radical (unpaired) electrons. The van der Waals surface area contributed by atoms with E-state index in [1.165, 1.54) is 6.32 Å². The highest BCUT2D eigenvalue weighted by Crippen LogP contribution is 2.28. The van der Waals surface area contributed by atoms with E-state index in [0.717, 1.165) is 13.2 Å².